The number of aliphatic imine (C=N–C) groups is 1. The third kappa shape index (κ3) is 6.23. The summed E-state index contributed by atoms with van der Waals surface area (Å²) in [5.74, 6) is 0.911. The fraction of sp³-hybridized carbons (Fsp3) is 0.444. The van der Waals surface area contributed by atoms with E-state index in [1.165, 1.54) is 0 Å². The van der Waals surface area contributed by atoms with Crippen LogP contribution < -0.4 is 5.32 Å². The third-order valence-corrected chi connectivity index (χ3v) is 5.19. The van der Waals surface area contributed by atoms with Crippen LogP contribution in [0.25, 0.3) is 0 Å². The molecule has 0 radical (unpaired) electrons. The lowest BCUT2D eigenvalue weighted by Gasteiger charge is -2.36. The second-order valence-electron chi connectivity index (χ2n) is 6.18. The Hall–Kier alpha value is -1.03. The number of piperazine rings is 1. The Labute approximate surface area is 186 Å². The third-order valence-electron chi connectivity index (χ3n) is 4.48. The smallest absolute Gasteiger partial charge is 0.193 e. The van der Waals surface area contributed by atoms with Gasteiger partial charge in [-0.05, 0) is 24.1 Å². The maximum Gasteiger partial charge on any atom is 0.193 e. The van der Waals surface area contributed by atoms with E-state index in [4.69, 9.17) is 27.7 Å². The van der Waals surface area contributed by atoms with Crippen molar-refractivity contribution in [1.29, 1.82) is 0 Å². The van der Waals surface area contributed by atoms with E-state index >= 15 is 0 Å². The highest BCUT2D eigenvalue weighted by Crippen LogP contribution is 2.24. The van der Waals surface area contributed by atoms with Gasteiger partial charge in [0, 0.05) is 62.4 Å². The van der Waals surface area contributed by atoms with Crippen LogP contribution in [0.5, 0.6) is 0 Å². The number of guanidine groups is 1. The van der Waals surface area contributed by atoms with Crippen LogP contribution in [0.1, 0.15) is 11.3 Å². The van der Waals surface area contributed by atoms with Crippen LogP contribution in [-0.4, -0.2) is 60.7 Å². The first-order chi connectivity index (χ1) is 12.7. The Kier molecular flexibility index (Phi) is 9.14. The normalized spacial score (nSPS) is 15.5. The lowest BCUT2D eigenvalue weighted by atomic mass is 10.1. The van der Waals surface area contributed by atoms with Crippen molar-refractivity contribution in [2.75, 3.05) is 39.8 Å². The summed E-state index contributed by atoms with van der Waals surface area (Å²) in [5.41, 5.74) is 1.94. The summed E-state index contributed by atoms with van der Waals surface area (Å²) in [7, 11) is 1.81. The molecule has 2 heterocycles. The molecule has 0 aliphatic carbocycles. The molecular weight excluding hydrogens is 500 g/mol. The van der Waals surface area contributed by atoms with Gasteiger partial charge in [-0.3, -0.25) is 9.89 Å². The summed E-state index contributed by atoms with van der Waals surface area (Å²) in [6.45, 7) is 5.32. The summed E-state index contributed by atoms with van der Waals surface area (Å²) >= 11 is 12.5. The molecule has 1 N–H and O–H groups in total. The maximum absolute atomic E-state index is 6.23. The van der Waals surface area contributed by atoms with Gasteiger partial charge in [0.1, 0.15) is 6.26 Å². The van der Waals surface area contributed by atoms with Crippen LogP contribution in [0.2, 0.25) is 10.0 Å². The Morgan fingerprint density at radius 1 is 1.19 bits per heavy atom. The van der Waals surface area contributed by atoms with E-state index in [1.54, 1.807) is 6.26 Å². The van der Waals surface area contributed by atoms with Crippen molar-refractivity contribution in [3.63, 3.8) is 0 Å². The van der Waals surface area contributed by atoms with Gasteiger partial charge < -0.3 is 14.7 Å². The van der Waals surface area contributed by atoms with Crippen LogP contribution in [0.4, 0.5) is 0 Å². The molecule has 1 aromatic heterocycles. The van der Waals surface area contributed by atoms with Crippen LogP contribution in [0.15, 0.2) is 40.0 Å². The SMILES string of the molecule is CN=C(NCCc1c(Cl)cccc1Cl)N1CCN(Cc2ccon2)CC1.I. The van der Waals surface area contributed by atoms with E-state index in [0.29, 0.717) is 10.0 Å². The van der Waals surface area contributed by atoms with Gasteiger partial charge >= 0.3 is 0 Å². The summed E-state index contributed by atoms with van der Waals surface area (Å²) in [5, 5.41) is 8.80. The van der Waals surface area contributed by atoms with Crippen LogP contribution in [-0.2, 0) is 13.0 Å². The molecule has 0 bridgehead atoms. The average molecular weight is 524 g/mol. The summed E-state index contributed by atoms with van der Waals surface area (Å²) < 4.78 is 4.90. The van der Waals surface area contributed by atoms with E-state index in [0.717, 1.165) is 62.9 Å². The summed E-state index contributed by atoms with van der Waals surface area (Å²) in [6.07, 6.45) is 2.37. The van der Waals surface area contributed by atoms with Crippen molar-refractivity contribution in [3.8, 4) is 0 Å². The van der Waals surface area contributed by atoms with Crippen LogP contribution in [0, 0.1) is 0 Å². The molecule has 148 valence electrons. The van der Waals surface area contributed by atoms with E-state index in [1.807, 2.05) is 31.3 Å². The minimum absolute atomic E-state index is 0. The van der Waals surface area contributed by atoms with Crippen molar-refractivity contribution in [3.05, 3.63) is 51.8 Å². The molecule has 1 aliphatic rings. The Balaban J connectivity index is 0.00000261. The fourth-order valence-electron chi connectivity index (χ4n) is 3.07. The number of halogens is 3. The van der Waals surface area contributed by atoms with E-state index in [9.17, 15) is 0 Å². The largest absolute Gasteiger partial charge is 0.364 e. The van der Waals surface area contributed by atoms with E-state index < -0.39 is 0 Å². The molecule has 9 heteroatoms. The van der Waals surface area contributed by atoms with Crippen LogP contribution in [0.3, 0.4) is 0 Å². The lowest BCUT2D eigenvalue weighted by Crippen LogP contribution is -2.52. The molecular formula is C18H24Cl2IN5O. The molecule has 0 unspecified atom stereocenters. The first-order valence-electron chi connectivity index (χ1n) is 8.67. The summed E-state index contributed by atoms with van der Waals surface area (Å²) in [4.78, 5) is 9.05. The van der Waals surface area contributed by atoms with Gasteiger partial charge in [0.15, 0.2) is 5.96 Å². The molecule has 3 rings (SSSR count). The van der Waals surface area contributed by atoms with Gasteiger partial charge in [0.05, 0.1) is 5.69 Å². The first kappa shape index (κ1) is 22.3. The van der Waals surface area contributed by atoms with E-state index in [2.05, 4.69) is 25.3 Å². The molecule has 1 aromatic carbocycles. The second-order valence-corrected chi connectivity index (χ2v) is 6.99. The average Bonchev–Trinajstić information content (AvgIpc) is 3.15. The Morgan fingerprint density at radius 2 is 1.89 bits per heavy atom. The van der Waals surface area contributed by atoms with Gasteiger partial charge in [-0.1, -0.05) is 34.4 Å². The van der Waals surface area contributed by atoms with Crippen molar-refractivity contribution in [2.45, 2.75) is 13.0 Å². The van der Waals surface area contributed by atoms with Crippen molar-refractivity contribution < 1.29 is 4.52 Å². The number of benzene rings is 1. The van der Waals surface area contributed by atoms with Crippen molar-refractivity contribution in [2.24, 2.45) is 4.99 Å². The zero-order valence-electron chi connectivity index (χ0n) is 15.2. The highest BCUT2D eigenvalue weighted by atomic mass is 127. The van der Waals surface area contributed by atoms with Gasteiger partial charge in [0.2, 0.25) is 0 Å². The van der Waals surface area contributed by atoms with Crippen molar-refractivity contribution >= 4 is 53.1 Å². The molecule has 0 saturated carbocycles. The van der Waals surface area contributed by atoms with Crippen LogP contribution >= 0.6 is 47.2 Å². The molecule has 1 saturated heterocycles. The maximum atomic E-state index is 6.23. The molecule has 0 atom stereocenters. The highest BCUT2D eigenvalue weighted by molar-refractivity contribution is 14.0. The molecule has 27 heavy (non-hydrogen) atoms. The number of hydrogen-bond donors (Lipinski definition) is 1. The number of hydrogen-bond acceptors (Lipinski definition) is 4. The Morgan fingerprint density at radius 3 is 2.48 bits per heavy atom. The second kappa shape index (κ2) is 11.1. The zero-order valence-corrected chi connectivity index (χ0v) is 19.0. The zero-order chi connectivity index (χ0) is 18.4. The highest BCUT2D eigenvalue weighted by Gasteiger charge is 2.20. The number of rotatable bonds is 5. The number of nitrogens with zero attached hydrogens (tertiary/aromatic N) is 4. The van der Waals surface area contributed by atoms with E-state index in [-0.39, 0.29) is 24.0 Å². The molecule has 2 aromatic rings. The first-order valence-corrected chi connectivity index (χ1v) is 9.43. The topological polar surface area (TPSA) is 56.9 Å². The molecule has 6 nitrogen and oxygen atoms in total. The quantitative estimate of drug-likeness (QED) is 0.369. The molecule has 0 spiro atoms. The predicted octanol–water partition coefficient (Wildman–Crippen LogP) is 3.54. The predicted molar refractivity (Wildman–Crippen MR) is 120 cm³/mol. The molecule has 1 aliphatic heterocycles. The van der Waals surface area contributed by atoms with Crippen molar-refractivity contribution in [1.82, 2.24) is 20.3 Å². The fourth-order valence-corrected chi connectivity index (χ4v) is 3.66. The van der Waals surface area contributed by atoms with Gasteiger partial charge in [0.25, 0.3) is 0 Å². The van der Waals surface area contributed by atoms with Gasteiger partial charge in [-0.2, -0.15) is 0 Å². The number of nitrogens with one attached hydrogen (secondary N) is 1. The van der Waals surface area contributed by atoms with Gasteiger partial charge in [-0.15, -0.1) is 24.0 Å². The minimum Gasteiger partial charge on any atom is -0.364 e. The lowest BCUT2D eigenvalue weighted by molar-refractivity contribution is 0.169. The monoisotopic (exact) mass is 523 g/mol. The molecule has 0 amide bonds. The standard InChI is InChI=1S/C18H23Cl2N5O.HI/c1-21-18(22-7-5-15-16(19)3-2-4-17(15)20)25-10-8-24(9-11-25)13-14-6-12-26-23-14;/h2-4,6,12H,5,7-11,13H2,1H3,(H,21,22);1H. The molecule has 1 fully saturated rings. The number of aromatic nitrogens is 1. The summed E-state index contributed by atoms with van der Waals surface area (Å²) in [6, 6.07) is 7.50. The minimum atomic E-state index is 0. The Bertz CT molecular complexity index is 713. The van der Waals surface area contributed by atoms with Gasteiger partial charge in [-0.25, -0.2) is 0 Å².